The Morgan fingerprint density at radius 3 is 2.78 bits per heavy atom. The number of carbonyl (C=O) groups is 1. The first-order valence-corrected chi connectivity index (χ1v) is 10.3. The minimum Gasteiger partial charge on any atom is -0.356 e. The van der Waals surface area contributed by atoms with Gasteiger partial charge in [0.05, 0.1) is 0 Å². The van der Waals surface area contributed by atoms with Gasteiger partial charge < -0.3 is 15.1 Å². The van der Waals surface area contributed by atoms with Crippen LogP contribution < -0.4 is 5.32 Å². The number of benzene rings is 1. The summed E-state index contributed by atoms with van der Waals surface area (Å²) >= 11 is 1.77. The van der Waals surface area contributed by atoms with E-state index < -0.39 is 0 Å². The molecule has 0 radical (unpaired) electrons. The summed E-state index contributed by atoms with van der Waals surface area (Å²) in [5.41, 5.74) is 1.38. The molecule has 1 aliphatic heterocycles. The highest BCUT2D eigenvalue weighted by atomic mass is 32.1. The molecule has 2 heterocycles. The summed E-state index contributed by atoms with van der Waals surface area (Å²) in [6.45, 7) is 2.90. The molecule has 6 heteroatoms. The number of likely N-dealkylation sites (tertiary alicyclic amines) is 1. The van der Waals surface area contributed by atoms with Gasteiger partial charge in [0.1, 0.15) is 6.54 Å². The Bertz CT molecular complexity index is 743. The highest BCUT2D eigenvalue weighted by molar-refractivity contribution is 7.09. The first-order chi connectivity index (χ1) is 13.1. The summed E-state index contributed by atoms with van der Waals surface area (Å²) in [4.78, 5) is 21.8. The van der Waals surface area contributed by atoms with Crippen LogP contribution in [0.2, 0.25) is 0 Å². The van der Waals surface area contributed by atoms with Gasteiger partial charge in [-0.3, -0.25) is 4.79 Å². The van der Waals surface area contributed by atoms with Crippen LogP contribution in [0.4, 0.5) is 0 Å². The van der Waals surface area contributed by atoms with Crippen molar-refractivity contribution in [3.05, 3.63) is 58.3 Å². The van der Waals surface area contributed by atoms with Gasteiger partial charge in [-0.25, -0.2) is 4.99 Å². The van der Waals surface area contributed by atoms with Crippen LogP contribution in [0.1, 0.15) is 22.8 Å². The van der Waals surface area contributed by atoms with Crippen molar-refractivity contribution in [2.24, 2.45) is 4.99 Å². The number of rotatable bonds is 6. The smallest absolute Gasteiger partial charge is 0.243 e. The fraction of sp³-hybridized carbons (Fsp3) is 0.429. The Morgan fingerprint density at radius 1 is 1.26 bits per heavy atom. The first-order valence-electron chi connectivity index (χ1n) is 9.44. The van der Waals surface area contributed by atoms with E-state index in [1.807, 2.05) is 0 Å². The van der Waals surface area contributed by atoms with Gasteiger partial charge >= 0.3 is 0 Å². The van der Waals surface area contributed by atoms with Crippen molar-refractivity contribution in [1.82, 2.24) is 15.1 Å². The molecule has 0 bridgehead atoms. The van der Waals surface area contributed by atoms with E-state index in [1.165, 1.54) is 10.4 Å². The molecular weight excluding hydrogens is 356 g/mol. The lowest BCUT2D eigenvalue weighted by Crippen LogP contribution is -2.41. The molecule has 1 N–H and O–H groups in total. The van der Waals surface area contributed by atoms with Crippen molar-refractivity contribution < 1.29 is 4.79 Å². The number of nitrogens with zero attached hydrogens (tertiary/aromatic N) is 3. The Labute approximate surface area is 165 Å². The summed E-state index contributed by atoms with van der Waals surface area (Å²) in [5.74, 6) is 1.38. The molecule has 144 valence electrons. The van der Waals surface area contributed by atoms with E-state index in [-0.39, 0.29) is 12.5 Å². The van der Waals surface area contributed by atoms with Crippen molar-refractivity contribution in [3.8, 4) is 0 Å². The standard InChI is InChI=1S/C21H28N4OS/c1-24(2)20(26)15-23-21(22-12-10-19-9-6-14-27-19)25-13-11-18(16-25)17-7-4-3-5-8-17/h3-9,14,18H,10-13,15-16H2,1-2H3,(H,22,23). The van der Waals surface area contributed by atoms with Crippen LogP contribution in [0, 0.1) is 0 Å². The van der Waals surface area contributed by atoms with Crippen molar-refractivity contribution in [2.45, 2.75) is 18.8 Å². The summed E-state index contributed by atoms with van der Waals surface area (Å²) in [6, 6.07) is 14.9. The lowest BCUT2D eigenvalue weighted by Gasteiger charge is -2.22. The third-order valence-corrected chi connectivity index (χ3v) is 5.79. The van der Waals surface area contributed by atoms with Gasteiger partial charge in [0.2, 0.25) is 5.91 Å². The van der Waals surface area contributed by atoms with Gasteiger partial charge in [0.15, 0.2) is 5.96 Å². The lowest BCUT2D eigenvalue weighted by atomic mass is 9.99. The maximum Gasteiger partial charge on any atom is 0.243 e. The Hall–Kier alpha value is -2.34. The number of hydrogen-bond acceptors (Lipinski definition) is 3. The van der Waals surface area contributed by atoms with E-state index in [0.717, 1.165) is 38.4 Å². The molecule has 1 saturated heterocycles. The molecule has 1 atom stereocenters. The molecule has 2 aromatic rings. The molecule has 5 nitrogen and oxygen atoms in total. The second-order valence-electron chi connectivity index (χ2n) is 7.03. The Kier molecular flexibility index (Phi) is 6.87. The van der Waals surface area contributed by atoms with Crippen LogP contribution in [0.5, 0.6) is 0 Å². The summed E-state index contributed by atoms with van der Waals surface area (Å²) in [5, 5.41) is 5.58. The molecule has 1 unspecified atom stereocenters. The number of thiophene rings is 1. The topological polar surface area (TPSA) is 47.9 Å². The average Bonchev–Trinajstić information content (AvgIpc) is 3.37. The fourth-order valence-electron chi connectivity index (χ4n) is 3.25. The Balaban J connectivity index is 1.63. The molecule has 0 spiro atoms. The third-order valence-electron chi connectivity index (χ3n) is 4.86. The van der Waals surface area contributed by atoms with E-state index in [0.29, 0.717) is 5.92 Å². The molecule has 1 amide bonds. The predicted octanol–water partition coefficient (Wildman–Crippen LogP) is 2.81. The normalized spacial score (nSPS) is 17.2. The van der Waals surface area contributed by atoms with Crippen molar-refractivity contribution in [3.63, 3.8) is 0 Å². The molecule has 1 aromatic carbocycles. The van der Waals surface area contributed by atoms with Gasteiger partial charge in [0, 0.05) is 44.5 Å². The third kappa shape index (κ3) is 5.57. The molecule has 1 fully saturated rings. The largest absolute Gasteiger partial charge is 0.356 e. The van der Waals surface area contributed by atoms with E-state index in [9.17, 15) is 4.79 Å². The maximum absolute atomic E-state index is 12.0. The molecule has 0 saturated carbocycles. The highest BCUT2D eigenvalue weighted by Crippen LogP contribution is 2.26. The quantitative estimate of drug-likeness (QED) is 0.615. The van der Waals surface area contributed by atoms with E-state index in [1.54, 1.807) is 30.3 Å². The highest BCUT2D eigenvalue weighted by Gasteiger charge is 2.26. The zero-order valence-corrected chi connectivity index (χ0v) is 16.9. The summed E-state index contributed by atoms with van der Waals surface area (Å²) in [6.07, 6.45) is 2.07. The molecule has 27 heavy (non-hydrogen) atoms. The number of likely N-dealkylation sites (N-methyl/N-ethyl adjacent to an activating group) is 1. The van der Waals surface area contributed by atoms with Crippen LogP contribution in [-0.4, -0.2) is 61.9 Å². The van der Waals surface area contributed by atoms with Crippen molar-refractivity contribution in [2.75, 3.05) is 40.3 Å². The zero-order chi connectivity index (χ0) is 19.1. The second kappa shape index (κ2) is 9.55. The van der Waals surface area contributed by atoms with Crippen LogP contribution >= 0.6 is 11.3 Å². The number of guanidine groups is 1. The molecule has 1 aliphatic rings. The van der Waals surface area contributed by atoms with Gasteiger partial charge in [-0.1, -0.05) is 36.4 Å². The van der Waals surface area contributed by atoms with Crippen LogP contribution in [-0.2, 0) is 11.2 Å². The van der Waals surface area contributed by atoms with Crippen LogP contribution in [0.15, 0.2) is 52.8 Å². The number of nitrogens with one attached hydrogen (secondary N) is 1. The Morgan fingerprint density at radius 2 is 2.07 bits per heavy atom. The molecular formula is C21H28N4OS. The van der Waals surface area contributed by atoms with E-state index >= 15 is 0 Å². The molecule has 3 rings (SSSR count). The lowest BCUT2D eigenvalue weighted by molar-refractivity contribution is -0.127. The van der Waals surface area contributed by atoms with Gasteiger partial charge in [-0.2, -0.15) is 0 Å². The van der Waals surface area contributed by atoms with Gasteiger partial charge in [0.25, 0.3) is 0 Å². The van der Waals surface area contributed by atoms with E-state index in [4.69, 9.17) is 0 Å². The molecule has 0 aliphatic carbocycles. The summed E-state index contributed by atoms with van der Waals surface area (Å²) < 4.78 is 0. The first kappa shape index (κ1) is 19.4. The van der Waals surface area contributed by atoms with Gasteiger partial charge in [-0.05, 0) is 29.9 Å². The maximum atomic E-state index is 12.0. The van der Waals surface area contributed by atoms with Crippen molar-refractivity contribution in [1.29, 1.82) is 0 Å². The monoisotopic (exact) mass is 384 g/mol. The van der Waals surface area contributed by atoms with Crippen LogP contribution in [0.25, 0.3) is 0 Å². The van der Waals surface area contributed by atoms with Crippen LogP contribution in [0.3, 0.4) is 0 Å². The minimum absolute atomic E-state index is 0.0198. The molecule has 1 aromatic heterocycles. The van der Waals surface area contributed by atoms with E-state index in [2.05, 4.69) is 63.1 Å². The second-order valence-corrected chi connectivity index (χ2v) is 8.06. The number of hydrogen-bond donors (Lipinski definition) is 1. The average molecular weight is 385 g/mol. The number of amides is 1. The van der Waals surface area contributed by atoms with Gasteiger partial charge in [-0.15, -0.1) is 11.3 Å². The van der Waals surface area contributed by atoms with Crippen molar-refractivity contribution >= 4 is 23.2 Å². The fourth-order valence-corrected chi connectivity index (χ4v) is 3.96. The zero-order valence-electron chi connectivity index (χ0n) is 16.1. The predicted molar refractivity (Wildman–Crippen MR) is 112 cm³/mol. The SMILES string of the molecule is CN(C)C(=O)CN=C(NCCc1cccs1)N1CCC(c2ccccc2)C1. The minimum atomic E-state index is 0.0198. The summed E-state index contributed by atoms with van der Waals surface area (Å²) in [7, 11) is 3.53. The number of carbonyl (C=O) groups excluding carboxylic acids is 1. The number of aliphatic imine (C=N–C) groups is 1.